The summed E-state index contributed by atoms with van der Waals surface area (Å²) in [6.07, 6.45) is 1.44. The van der Waals surface area contributed by atoms with E-state index in [0.29, 0.717) is 13.0 Å². The molecule has 0 saturated heterocycles. The van der Waals surface area contributed by atoms with E-state index in [2.05, 4.69) is 5.32 Å². The van der Waals surface area contributed by atoms with E-state index in [-0.39, 0.29) is 11.8 Å². The molecule has 3 nitrogen and oxygen atoms in total. The van der Waals surface area contributed by atoms with E-state index in [4.69, 9.17) is 4.74 Å². The van der Waals surface area contributed by atoms with E-state index in [1.807, 2.05) is 38.2 Å². The SMILES string of the molecule is CCOc1ccc(C(CCC(C)=O)NC)cc1. The van der Waals surface area contributed by atoms with Gasteiger partial charge in [-0.25, -0.2) is 0 Å². The smallest absolute Gasteiger partial charge is 0.129 e. The Hall–Kier alpha value is -1.35. The minimum atomic E-state index is 0.231. The van der Waals surface area contributed by atoms with Gasteiger partial charge in [0.15, 0.2) is 0 Å². The molecule has 0 aromatic heterocycles. The number of hydrogen-bond donors (Lipinski definition) is 1. The lowest BCUT2D eigenvalue weighted by molar-refractivity contribution is -0.117. The number of carbonyl (C=O) groups excluding carboxylic acids is 1. The highest BCUT2D eigenvalue weighted by atomic mass is 16.5. The second kappa shape index (κ2) is 7.07. The normalized spacial score (nSPS) is 12.2. The first-order valence-corrected chi connectivity index (χ1v) is 6.06. The molecule has 0 spiro atoms. The lowest BCUT2D eigenvalue weighted by Gasteiger charge is -2.16. The highest BCUT2D eigenvalue weighted by Crippen LogP contribution is 2.21. The molecule has 17 heavy (non-hydrogen) atoms. The summed E-state index contributed by atoms with van der Waals surface area (Å²) in [6.45, 7) is 4.28. The molecule has 0 saturated carbocycles. The van der Waals surface area contributed by atoms with Gasteiger partial charge in [-0.3, -0.25) is 0 Å². The lowest BCUT2D eigenvalue weighted by atomic mass is 10.0. The van der Waals surface area contributed by atoms with Crippen LogP contribution in [0.25, 0.3) is 0 Å². The van der Waals surface area contributed by atoms with Gasteiger partial charge in [-0.15, -0.1) is 0 Å². The molecule has 1 rings (SSSR count). The molecule has 0 aliphatic heterocycles. The van der Waals surface area contributed by atoms with Crippen LogP contribution >= 0.6 is 0 Å². The summed E-state index contributed by atoms with van der Waals surface area (Å²) in [4.78, 5) is 11.0. The molecule has 1 aromatic rings. The van der Waals surface area contributed by atoms with Gasteiger partial charge in [0, 0.05) is 12.5 Å². The van der Waals surface area contributed by atoms with Crippen LogP contribution in [0.15, 0.2) is 24.3 Å². The van der Waals surface area contributed by atoms with E-state index in [1.54, 1.807) is 6.92 Å². The monoisotopic (exact) mass is 235 g/mol. The maximum Gasteiger partial charge on any atom is 0.129 e. The second-order valence-electron chi connectivity index (χ2n) is 4.08. The number of carbonyl (C=O) groups is 1. The van der Waals surface area contributed by atoms with E-state index in [1.165, 1.54) is 5.56 Å². The molecule has 0 heterocycles. The molecule has 1 aromatic carbocycles. The Bertz CT molecular complexity index is 346. The van der Waals surface area contributed by atoms with Gasteiger partial charge in [-0.2, -0.15) is 0 Å². The number of ketones is 1. The summed E-state index contributed by atoms with van der Waals surface area (Å²) in [7, 11) is 1.92. The van der Waals surface area contributed by atoms with Crippen LogP contribution in [0.5, 0.6) is 5.75 Å². The van der Waals surface area contributed by atoms with Crippen molar-refractivity contribution < 1.29 is 9.53 Å². The molecule has 0 bridgehead atoms. The zero-order chi connectivity index (χ0) is 12.7. The van der Waals surface area contributed by atoms with Crippen LogP contribution in [0.1, 0.15) is 38.3 Å². The van der Waals surface area contributed by atoms with Crippen molar-refractivity contribution in [2.75, 3.05) is 13.7 Å². The standard InChI is InChI=1S/C14H21NO2/c1-4-17-13-8-6-12(7-9-13)14(15-3)10-5-11(2)16/h6-9,14-15H,4-5,10H2,1-3H3. The van der Waals surface area contributed by atoms with Crippen molar-refractivity contribution in [1.82, 2.24) is 5.32 Å². The van der Waals surface area contributed by atoms with Gasteiger partial charge in [0.1, 0.15) is 11.5 Å². The van der Waals surface area contributed by atoms with Crippen LogP contribution in [0.4, 0.5) is 0 Å². The van der Waals surface area contributed by atoms with Gasteiger partial charge >= 0.3 is 0 Å². The van der Waals surface area contributed by atoms with E-state index >= 15 is 0 Å². The molecule has 3 heteroatoms. The Kier molecular flexibility index (Phi) is 5.70. The Labute approximate surface area is 103 Å². The number of nitrogens with one attached hydrogen (secondary N) is 1. The zero-order valence-corrected chi connectivity index (χ0v) is 10.8. The van der Waals surface area contributed by atoms with Gasteiger partial charge < -0.3 is 14.8 Å². The Morgan fingerprint density at radius 2 is 2.00 bits per heavy atom. The molecule has 0 aliphatic rings. The summed E-state index contributed by atoms with van der Waals surface area (Å²) in [5.74, 6) is 1.12. The van der Waals surface area contributed by atoms with E-state index in [9.17, 15) is 4.79 Å². The third-order valence-electron chi connectivity index (χ3n) is 2.73. The summed E-state index contributed by atoms with van der Waals surface area (Å²) >= 11 is 0. The number of benzene rings is 1. The third kappa shape index (κ3) is 4.57. The van der Waals surface area contributed by atoms with Crippen molar-refractivity contribution in [1.29, 1.82) is 0 Å². The fraction of sp³-hybridized carbons (Fsp3) is 0.500. The largest absolute Gasteiger partial charge is 0.494 e. The van der Waals surface area contributed by atoms with Crippen LogP contribution in [0, 0.1) is 0 Å². The minimum Gasteiger partial charge on any atom is -0.494 e. The van der Waals surface area contributed by atoms with Crippen molar-refractivity contribution in [3.05, 3.63) is 29.8 Å². The van der Waals surface area contributed by atoms with E-state index < -0.39 is 0 Å². The highest BCUT2D eigenvalue weighted by molar-refractivity contribution is 5.75. The van der Waals surface area contributed by atoms with Gasteiger partial charge in [0.05, 0.1) is 6.61 Å². The molecular weight excluding hydrogens is 214 g/mol. The van der Waals surface area contributed by atoms with Crippen LogP contribution < -0.4 is 10.1 Å². The van der Waals surface area contributed by atoms with Gasteiger partial charge in [-0.1, -0.05) is 12.1 Å². The van der Waals surface area contributed by atoms with Crippen molar-refractivity contribution >= 4 is 5.78 Å². The molecular formula is C14H21NO2. The minimum absolute atomic E-state index is 0.231. The van der Waals surface area contributed by atoms with Crippen LogP contribution in [0.2, 0.25) is 0 Å². The number of rotatable bonds is 7. The first-order valence-electron chi connectivity index (χ1n) is 6.06. The van der Waals surface area contributed by atoms with Crippen molar-refractivity contribution in [3.63, 3.8) is 0 Å². The van der Waals surface area contributed by atoms with E-state index in [0.717, 1.165) is 12.2 Å². The summed E-state index contributed by atoms with van der Waals surface area (Å²) < 4.78 is 5.40. The van der Waals surface area contributed by atoms with Gasteiger partial charge in [-0.05, 0) is 45.0 Å². The van der Waals surface area contributed by atoms with Crippen molar-refractivity contribution in [2.24, 2.45) is 0 Å². The summed E-state index contributed by atoms with van der Waals surface area (Å²) in [5, 5.41) is 3.23. The molecule has 0 radical (unpaired) electrons. The van der Waals surface area contributed by atoms with Crippen molar-refractivity contribution in [2.45, 2.75) is 32.7 Å². The Balaban J connectivity index is 2.64. The molecule has 0 amide bonds. The topological polar surface area (TPSA) is 38.3 Å². The highest BCUT2D eigenvalue weighted by Gasteiger charge is 2.09. The second-order valence-corrected chi connectivity index (χ2v) is 4.08. The number of Topliss-reactive ketones (excluding diaryl/α,β-unsaturated/α-hetero) is 1. The summed E-state index contributed by atoms with van der Waals surface area (Å²) in [5.41, 5.74) is 1.19. The van der Waals surface area contributed by atoms with Crippen LogP contribution in [0.3, 0.4) is 0 Å². The maximum absolute atomic E-state index is 11.0. The average Bonchev–Trinajstić information content (AvgIpc) is 2.32. The lowest BCUT2D eigenvalue weighted by Crippen LogP contribution is -2.17. The van der Waals surface area contributed by atoms with Crippen LogP contribution in [-0.4, -0.2) is 19.4 Å². The maximum atomic E-state index is 11.0. The van der Waals surface area contributed by atoms with Crippen molar-refractivity contribution in [3.8, 4) is 5.75 Å². The average molecular weight is 235 g/mol. The first kappa shape index (κ1) is 13.7. The Morgan fingerprint density at radius 3 is 2.47 bits per heavy atom. The fourth-order valence-corrected chi connectivity index (χ4v) is 1.79. The fourth-order valence-electron chi connectivity index (χ4n) is 1.79. The Morgan fingerprint density at radius 1 is 1.35 bits per heavy atom. The molecule has 1 atom stereocenters. The zero-order valence-electron chi connectivity index (χ0n) is 10.8. The molecule has 1 N–H and O–H groups in total. The predicted octanol–water partition coefficient (Wildman–Crippen LogP) is 2.72. The predicted molar refractivity (Wildman–Crippen MR) is 69.3 cm³/mol. The molecule has 1 unspecified atom stereocenters. The number of hydrogen-bond acceptors (Lipinski definition) is 3. The van der Waals surface area contributed by atoms with Crippen LogP contribution in [-0.2, 0) is 4.79 Å². The quantitative estimate of drug-likeness (QED) is 0.789. The first-order chi connectivity index (χ1) is 8.17. The van der Waals surface area contributed by atoms with Gasteiger partial charge in [0.25, 0.3) is 0 Å². The molecule has 0 aliphatic carbocycles. The molecule has 94 valence electrons. The number of ether oxygens (including phenoxy) is 1. The third-order valence-corrected chi connectivity index (χ3v) is 2.73. The summed E-state index contributed by atoms with van der Waals surface area (Å²) in [6, 6.07) is 8.27. The molecule has 0 fully saturated rings. The van der Waals surface area contributed by atoms with Gasteiger partial charge in [0.2, 0.25) is 0 Å².